The quantitative estimate of drug-likeness (QED) is 0.565. The van der Waals surface area contributed by atoms with Gasteiger partial charge in [-0.15, -0.1) is 0 Å². The van der Waals surface area contributed by atoms with E-state index in [1.807, 2.05) is 39.0 Å². The summed E-state index contributed by atoms with van der Waals surface area (Å²) in [6.07, 6.45) is 0.937. The Bertz CT molecular complexity index is 841. The molecule has 0 radical (unpaired) electrons. The first-order valence-corrected chi connectivity index (χ1v) is 10.9. The van der Waals surface area contributed by atoms with Crippen LogP contribution in [-0.2, 0) is 14.3 Å². The topological polar surface area (TPSA) is 112 Å². The van der Waals surface area contributed by atoms with Crippen molar-refractivity contribution in [1.82, 2.24) is 15.5 Å². The maximum absolute atomic E-state index is 13.3. The first-order chi connectivity index (χ1) is 14.9. The largest absolute Gasteiger partial charge is 0.444 e. The lowest BCUT2D eigenvalue weighted by Gasteiger charge is -2.33. The summed E-state index contributed by atoms with van der Waals surface area (Å²) in [5, 5.41) is 14.9. The molecular weight excluding hydrogens is 408 g/mol. The van der Waals surface area contributed by atoms with Crippen molar-refractivity contribution in [3.63, 3.8) is 0 Å². The number of rotatable bonds is 9. The van der Waals surface area contributed by atoms with E-state index >= 15 is 0 Å². The summed E-state index contributed by atoms with van der Waals surface area (Å²) in [7, 11) is 0. The molecule has 0 saturated heterocycles. The maximum Gasteiger partial charge on any atom is 0.408 e. The average Bonchev–Trinajstić information content (AvgIpc) is 2.66. The number of ether oxygens (including phenoxy) is 1. The molecule has 0 aliphatic carbocycles. The standard InChI is InChI=1S/C24H36N4O4/c1-8-11-17(3)26-21(29)20(19-13-10-9-12-16(19)2)28(15-14-25)22(30)18(4)27-23(31)32-24(5,6)7/h9-10,12-13,17-18,20H,8,11,15H2,1-7H3,(H,26,29)(H,27,31). The third kappa shape index (κ3) is 8.22. The maximum atomic E-state index is 13.3. The molecule has 0 aliphatic heterocycles. The Morgan fingerprint density at radius 2 is 1.78 bits per heavy atom. The van der Waals surface area contributed by atoms with Gasteiger partial charge in [0.15, 0.2) is 0 Å². The molecule has 1 aromatic carbocycles. The van der Waals surface area contributed by atoms with Gasteiger partial charge in [0.2, 0.25) is 11.8 Å². The number of carbonyl (C=O) groups is 3. The van der Waals surface area contributed by atoms with E-state index < -0.39 is 29.7 Å². The number of hydrogen-bond acceptors (Lipinski definition) is 5. The Kier molecular flexibility index (Phi) is 10.2. The molecule has 1 aromatic rings. The van der Waals surface area contributed by atoms with Crippen molar-refractivity contribution in [3.05, 3.63) is 35.4 Å². The molecule has 0 bridgehead atoms. The summed E-state index contributed by atoms with van der Waals surface area (Å²) in [6, 6.07) is 7.14. The fraction of sp³-hybridized carbons (Fsp3) is 0.583. The third-order valence-corrected chi connectivity index (χ3v) is 4.78. The highest BCUT2D eigenvalue weighted by Crippen LogP contribution is 2.25. The molecule has 3 atom stereocenters. The molecule has 8 heteroatoms. The molecule has 2 N–H and O–H groups in total. The fourth-order valence-electron chi connectivity index (χ4n) is 3.34. The van der Waals surface area contributed by atoms with Crippen LogP contribution in [0, 0.1) is 18.3 Å². The number of carbonyl (C=O) groups excluding carboxylic acids is 3. The molecule has 0 fully saturated rings. The van der Waals surface area contributed by atoms with Crippen molar-refractivity contribution >= 4 is 17.9 Å². The molecule has 176 valence electrons. The van der Waals surface area contributed by atoms with Crippen LogP contribution < -0.4 is 10.6 Å². The summed E-state index contributed by atoms with van der Waals surface area (Å²) in [5.74, 6) is -0.919. The predicted molar refractivity (Wildman–Crippen MR) is 123 cm³/mol. The monoisotopic (exact) mass is 444 g/mol. The Labute approximate surface area is 191 Å². The van der Waals surface area contributed by atoms with E-state index in [4.69, 9.17) is 4.74 Å². The van der Waals surface area contributed by atoms with Crippen molar-refractivity contribution < 1.29 is 19.1 Å². The van der Waals surface area contributed by atoms with Crippen molar-refractivity contribution in [3.8, 4) is 6.07 Å². The van der Waals surface area contributed by atoms with Gasteiger partial charge >= 0.3 is 6.09 Å². The SMILES string of the molecule is CCCC(C)NC(=O)C(c1ccccc1C)N(CC#N)C(=O)C(C)NC(=O)OC(C)(C)C. The molecule has 3 amide bonds. The Morgan fingerprint density at radius 1 is 1.16 bits per heavy atom. The van der Waals surface area contributed by atoms with E-state index in [-0.39, 0.29) is 18.5 Å². The molecule has 8 nitrogen and oxygen atoms in total. The van der Waals surface area contributed by atoms with Crippen LogP contribution >= 0.6 is 0 Å². The molecule has 1 rings (SSSR count). The third-order valence-electron chi connectivity index (χ3n) is 4.78. The molecular formula is C24H36N4O4. The average molecular weight is 445 g/mol. The van der Waals surface area contributed by atoms with Gasteiger partial charge in [-0.05, 0) is 59.1 Å². The number of nitriles is 1. The summed E-state index contributed by atoms with van der Waals surface area (Å²) in [5.41, 5.74) is 0.721. The minimum atomic E-state index is -1.01. The van der Waals surface area contributed by atoms with E-state index in [2.05, 4.69) is 10.6 Å². The molecule has 0 heterocycles. The van der Waals surface area contributed by atoms with Crippen molar-refractivity contribution in [2.24, 2.45) is 0 Å². The fourth-order valence-corrected chi connectivity index (χ4v) is 3.34. The van der Waals surface area contributed by atoms with Gasteiger partial charge < -0.3 is 20.3 Å². The second-order valence-electron chi connectivity index (χ2n) is 8.95. The molecule has 0 aromatic heterocycles. The molecule has 0 spiro atoms. The molecule has 32 heavy (non-hydrogen) atoms. The Morgan fingerprint density at radius 3 is 2.31 bits per heavy atom. The smallest absolute Gasteiger partial charge is 0.408 e. The van der Waals surface area contributed by atoms with Crippen molar-refractivity contribution in [1.29, 1.82) is 5.26 Å². The van der Waals surface area contributed by atoms with Crippen LogP contribution in [0.15, 0.2) is 24.3 Å². The predicted octanol–water partition coefficient (Wildman–Crippen LogP) is 3.61. The van der Waals surface area contributed by atoms with Gasteiger partial charge in [-0.1, -0.05) is 37.6 Å². The number of amides is 3. The van der Waals surface area contributed by atoms with Crippen molar-refractivity contribution in [2.75, 3.05) is 6.54 Å². The van der Waals surface area contributed by atoms with E-state index in [1.165, 1.54) is 11.8 Å². The lowest BCUT2D eigenvalue weighted by Crippen LogP contribution is -2.52. The summed E-state index contributed by atoms with van der Waals surface area (Å²) >= 11 is 0. The van der Waals surface area contributed by atoms with Crippen LogP contribution in [0.4, 0.5) is 4.79 Å². The van der Waals surface area contributed by atoms with Gasteiger partial charge in [0, 0.05) is 6.04 Å². The van der Waals surface area contributed by atoms with Crippen LogP contribution in [0.25, 0.3) is 0 Å². The van der Waals surface area contributed by atoms with Gasteiger partial charge in [0.1, 0.15) is 24.2 Å². The highest BCUT2D eigenvalue weighted by molar-refractivity contribution is 5.92. The zero-order valence-corrected chi connectivity index (χ0v) is 20.2. The van der Waals surface area contributed by atoms with Crippen molar-refractivity contribution in [2.45, 2.75) is 85.0 Å². The first kappa shape index (κ1) is 27.0. The van der Waals surface area contributed by atoms with E-state index in [9.17, 15) is 19.6 Å². The van der Waals surface area contributed by atoms with Gasteiger partial charge in [-0.25, -0.2) is 4.79 Å². The van der Waals surface area contributed by atoms with Crippen LogP contribution in [0.3, 0.4) is 0 Å². The van der Waals surface area contributed by atoms with Crippen LogP contribution in [0.2, 0.25) is 0 Å². The normalized spacial score (nSPS) is 13.8. The number of aryl methyl sites for hydroxylation is 1. The minimum absolute atomic E-state index is 0.0876. The van der Waals surface area contributed by atoms with Gasteiger partial charge in [0.05, 0.1) is 6.07 Å². The lowest BCUT2D eigenvalue weighted by atomic mass is 9.98. The number of nitrogens with zero attached hydrogens (tertiary/aromatic N) is 2. The first-order valence-electron chi connectivity index (χ1n) is 10.9. The van der Waals surface area contributed by atoms with Crippen LogP contribution in [0.5, 0.6) is 0 Å². The zero-order chi connectivity index (χ0) is 24.5. The highest BCUT2D eigenvalue weighted by Gasteiger charge is 2.35. The lowest BCUT2D eigenvalue weighted by molar-refractivity contribution is -0.141. The second kappa shape index (κ2) is 12.1. The summed E-state index contributed by atoms with van der Waals surface area (Å²) in [6.45, 7) is 12.1. The summed E-state index contributed by atoms with van der Waals surface area (Å²) in [4.78, 5) is 40.0. The summed E-state index contributed by atoms with van der Waals surface area (Å²) < 4.78 is 5.22. The van der Waals surface area contributed by atoms with Gasteiger partial charge in [-0.2, -0.15) is 5.26 Å². The Balaban J connectivity index is 3.27. The number of benzene rings is 1. The number of nitrogens with one attached hydrogen (secondary N) is 2. The van der Waals surface area contributed by atoms with E-state index in [0.717, 1.165) is 18.4 Å². The molecule has 0 aliphatic rings. The highest BCUT2D eigenvalue weighted by atomic mass is 16.6. The number of hydrogen-bond donors (Lipinski definition) is 2. The molecule has 0 saturated carbocycles. The molecule has 3 unspecified atom stereocenters. The van der Waals surface area contributed by atoms with Crippen LogP contribution in [0.1, 0.15) is 71.6 Å². The van der Waals surface area contributed by atoms with E-state index in [1.54, 1.807) is 32.9 Å². The van der Waals surface area contributed by atoms with Crippen LogP contribution in [-0.4, -0.2) is 47.0 Å². The van der Waals surface area contributed by atoms with Gasteiger partial charge in [0.25, 0.3) is 0 Å². The zero-order valence-electron chi connectivity index (χ0n) is 20.2. The second-order valence-corrected chi connectivity index (χ2v) is 8.95. The minimum Gasteiger partial charge on any atom is -0.444 e. The Hall–Kier alpha value is -3.08. The van der Waals surface area contributed by atoms with E-state index in [0.29, 0.717) is 5.56 Å². The van der Waals surface area contributed by atoms with Gasteiger partial charge in [-0.3, -0.25) is 9.59 Å². The number of alkyl carbamates (subject to hydrolysis) is 1.